The number of ketones is 1. The first-order valence-electron chi connectivity index (χ1n) is 10.9. The largest absolute Gasteiger partial charge is 0.352 e. The number of sulfone groups is 1. The molecule has 8 nitrogen and oxygen atoms in total. The molecule has 0 radical (unpaired) electrons. The average molecular weight is 500 g/mol. The van der Waals surface area contributed by atoms with Crippen LogP contribution in [0.15, 0.2) is 42.5 Å². The predicted molar refractivity (Wildman–Crippen MR) is 131 cm³/mol. The number of hydrogen-bond donors (Lipinski definition) is 2. The summed E-state index contributed by atoms with van der Waals surface area (Å²) in [5.74, 6) is -1.04. The number of nitrogens with zero attached hydrogens (tertiary/aromatic N) is 1. The van der Waals surface area contributed by atoms with Crippen molar-refractivity contribution in [3.8, 4) is 11.1 Å². The SMILES string of the molecule is CC(=O)Cc1cccc(-c2ccc3nc(C(C(=O)NCC(=O)NC4CC4)S(C)(=O)=O)sc3c2)c1. The summed E-state index contributed by atoms with van der Waals surface area (Å²) < 4.78 is 25.7. The lowest BCUT2D eigenvalue weighted by Gasteiger charge is -2.12. The molecule has 0 aliphatic heterocycles. The van der Waals surface area contributed by atoms with E-state index in [0.29, 0.717) is 11.9 Å². The molecule has 1 aromatic heterocycles. The molecule has 178 valence electrons. The van der Waals surface area contributed by atoms with Crippen LogP contribution in [0.4, 0.5) is 0 Å². The van der Waals surface area contributed by atoms with E-state index in [-0.39, 0.29) is 29.3 Å². The Balaban J connectivity index is 1.59. The quantitative estimate of drug-likeness (QED) is 0.467. The summed E-state index contributed by atoms with van der Waals surface area (Å²) in [7, 11) is -3.83. The highest BCUT2D eigenvalue weighted by Crippen LogP contribution is 2.33. The molecule has 2 N–H and O–H groups in total. The summed E-state index contributed by atoms with van der Waals surface area (Å²) >= 11 is 1.13. The van der Waals surface area contributed by atoms with Crippen molar-refractivity contribution in [2.24, 2.45) is 0 Å². The van der Waals surface area contributed by atoms with Crippen molar-refractivity contribution < 1.29 is 22.8 Å². The molecule has 0 spiro atoms. The van der Waals surface area contributed by atoms with Gasteiger partial charge in [0, 0.05) is 18.7 Å². The molecule has 0 saturated heterocycles. The minimum Gasteiger partial charge on any atom is -0.352 e. The van der Waals surface area contributed by atoms with Gasteiger partial charge in [0.05, 0.1) is 16.8 Å². The highest BCUT2D eigenvalue weighted by molar-refractivity contribution is 7.91. The summed E-state index contributed by atoms with van der Waals surface area (Å²) in [5.41, 5.74) is 3.31. The zero-order valence-corrected chi connectivity index (χ0v) is 20.5. The normalized spacial score (nSPS) is 14.5. The van der Waals surface area contributed by atoms with Gasteiger partial charge in [0.1, 0.15) is 10.8 Å². The lowest BCUT2D eigenvalue weighted by atomic mass is 10.0. The van der Waals surface area contributed by atoms with Crippen LogP contribution in [-0.2, 0) is 30.6 Å². The summed E-state index contributed by atoms with van der Waals surface area (Å²) in [6.07, 6.45) is 3.17. The van der Waals surface area contributed by atoms with E-state index >= 15 is 0 Å². The smallest absolute Gasteiger partial charge is 0.245 e. The van der Waals surface area contributed by atoms with Crippen LogP contribution in [0, 0.1) is 0 Å². The third-order valence-corrected chi connectivity index (χ3v) is 7.90. The average Bonchev–Trinajstić information content (AvgIpc) is 3.46. The maximum Gasteiger partial charge on any atom is 0.245 e. The molecule has 1 aliphatic carbocycles. The lowest BCUT2D eigenvalue weighted by Crippen LogP contribution is -2.41. The Bertz CT molecular complexity index is 1380. The van der Waals surface area contributed by atoms with Gasteiger partial charge in [0.15, 0.2) is 15.1 Å². The Morgan fingerprint density at radius 2 is 1.85 bits per heavy atom. The fourth-order valence-electron chi connectivity index (χ4n) is 3.64. The van der Waals surface area contributed by atoms with Gasteiger partial charge in [-0.3, -0.25) is 14.4 Å². The van der Waals surface area contributed by atoms with E-state index in [4.69, 9.17) is 0 Å². The first kappa shape index (κ1) is 24.0. The molecule has 4 rings (SSSR count). The number of carbonyl (C=O) groups excluding carboxylic acids is 3. The van der Waals surface area contributed by atoms with Crippen molar-refractivity contribution in [1.82, 2.24) is 15.6 Å². The first-order valence-corrected chi connectivity index (χ1v) is 13.6. The number of nitrogens with one attached hydrogen (secondary N) is 2. The number of hydrogen-bond acceptors (Lipinski definition) is 7. The van der Waals surface area contributed by atoms with Crippen molar-refractivity contribution in [3.05, 3.63) is 53.0 Å². The van der Waals surface area contributed by atoms with Gasteiger partial charge in [-0.15, -0.1) is 11.3 Å². The van der Waals surface area contributed by atoms with Crippen molar-refractivity contribution in [2.75, 3.05) is 12.8 Å². The monoisotopic (exact) mass is 499 g/mol. The summed E-state index contributed by atoms with van der Waals surface area (Å²) in [6, 6.07) is 13.4. The Kier molecular flexibility index (Phi) is 6.81. The topological polar surface area (TPSA) is 122 Å². The number of thiazole rings is 1. The Hall–Kier alpha value is -3.11. The fourth-order valence-corrected chi connectivity index (χ4v) is 6.19. The van der Waals surface area contributed by atoms with E-state index in [1.54, 1.807) is 13.0 Å². The number of aromatic nitrogens is 1. The lowest BCUT2D eigenvalue weighted by molar-refractivity contribution is -0.126. The Labute approximate surface area is 201 Å². The van der Waals surface area contributed by atoms with E-state index in [1.165, 1.54) is 0 Å². The second kappa shape index (κ2) is 9.63. The molecule has 1 saturated carbocycles. The minimum atomic E-state index is -3.83. The minimum absolute atomic E-state index is 0.0785. The zero-order valence-electron chi connectivity index (χ0n) is 18.8. The third kappa shape index (κ3) is 5.87. The summed E-state index contributed by atoms with van der Waals surface area (Å²) in [5, 5.41) is 3.84. The Morgan fingerprint density at radius 1 is 1.12 bits per heavy atom. The van der Waals surface area contributed by atoms with Crippen molar-refractivity contribution in [2.45, 2.75) is 37.5 Å². The van der Waals surface area contributed by atoms with E-state index < -0.39 is 21.0 Å². The van der Waals surface area contributed by atoms with Gasteiger partial charge in [0.25, 0.3) is 0 Å². The molecular formula is C24H25N3O5S2. The van der Waals surface area contributed by atoms with Crippen LogP contribution in [-0.4, -0.2) is 49.8 Å². The molecule has 2 aromatic carbocycles. The van der Waals surface area contributed by atoms with Crippen molar-refractivity contribution in [1.29, 1.82) is 0 Å². The number of amides is 2. The molecule has 2 amide bonds. The van der Waals surface area contributed by atoms with Crippen LogP contribution in [0.5, 0.6) is 0 Å². The van der Waals surface area contributed by atoms with Gasteiger partial charge >= 0.3 is 0 Å². The fraction of sp³-hybridized carbons (Fsp3) is 0.333. The standard InChI is InChI=1S/C24H25N3O5S2/c1-14(28)10-15-4-3-5-16(11-15)17-6-9-19-20(12-17)33-24(27-19)22(34(2,31)32)23(30)25-13-21(29)26-18-7-8-18/h3-6,9,11-12,18,22H,7-8,10,13H2,1-2H3,(H,25,30)(H,26,29). The van der Waals surface area contributed by atoms with Crippen LogP contribution in [0.2, 0.25) is 0 Å². The molecule has 1 unspecified atom stereocenters. The van der Waals surface area contributed by atoms with E-state index in [9.17, 15) is 22.8 Å². The van der Waals surface area contributed by atoms with Crippen LogP contribution >= 0.6 is 11.3 Å². The maximum absolute atomic E-state index is 12.8. The van der Waals surface area contributed by atoms with Crippen LogP contribution in [0.3, 0.4) is 0 Å². The van der Waals surface area contributed by atoms with Gasteiger partial charge < -0.3 is 10.6 Å². The van der Waals surface area contributed by atoms with Gasteiger partial charge in [-0.25, -0.2) is 13.4 Å². The molecule has 1 heterocycles. The number of fused-ring (bicyclic) bond motifs is 1. The molecule has 34 heavy (non-hydrogen) atoms. The third-order valence-electron chi connectivity index (χ3n) is 5.37. The Morgan fingerprint density at radius 3 is 2.53 bits per heavy atom. The zero-order chi connectivity index (χ0) is 24.5. The van der Waals surface area contributed by atoms with Gasteiger partial charge in [-0.1, -0.05) is 30.3 Å². The molecule has 1 aliphatic rings. The predicted octanol–water partition coefficient (Wildman–Crippen LogP) is 2.58. The van der Waals surface area contributed by atoms with Crippen LogP contribution in [0.1, 0.15) is 35.6 Å². The van der Waals surface area contributed by atoms with Crippen LogP contribution in [0.25, 0.3) is 21.3 Å². The second-order valence-corrected chi connectivity index (χ2v) is 11.8. The van der Waals surface area contributed by atoms with Gasteiger partial charge in [-0.05, 0) is 48.6 Å². The summed E-state index contributed by atoms with van der Waals surface area (Å²) in [4.78, 5) is 40.5. The molecule has 0 bridgehead atoms. The second-order valence-electron chi connectivity index (χ2n) is 8.58. The van der Waals surface area contributed by atoms with Crippen molar-refractivity contribution >= 4 is 49.0 Å². The first-order chi connectivity index (χ1) is 16.1. The van der Waals surface area contributed by atoms with E-state index in [0.717, 1.165) is 51.8 Å². The number of Topliss-reactive ketones (excluding diaryl/α,β-unsaturated/α-hetero) is 1. The number of rotatable bonds is 9. The van der Waals surface area contributed by atoms with Gasteiger partial charge in [-0.2, -0.15) is 0 Å². The van der Waals surface area contributed by atoms with Gasteiger partial charge in [0.2, 0.25) is 11.8 Å². The van der Waals surface area contributed by atoms with E-state index in [2.05, 4.69) is 15.6 Å². The molecular weight excluding hydrogens is 474 g/mol. The van der Waals surface area contributed by atoms with Crippen LogP contribution < -0.4 is 10.6 Å². The number of carbonyl (C=O) groups is 3. The maximum atomic E-state index is 12.8. The summed E-state index contributed by atoms with van der Waals surface area (Å²) in [6.45, 7) is 1.26. The molecule has 1 atom stereocenters. The molecule has 10 heteroatoms. The highest BCUT2D eigenvalue weighted by atomic mass is 32.2. The van der Waals surface area contributed by atoms with Crippen molar-refractivity contribution in [3.63, 3.8) is 0 Å². The van der Waals surface area contributed by atoms with E-state index in [1.807, 2.05) is 36.4 Å². The number of benzene rings is 2. The molecule has 1 fully saturated rings. The highest BCUT2D eigenvalue weighted by Gasteiger charge is 2.34. The molecule has 3 aromatic rings.